The van der Waals surface area contributed by atoms with Gasteiger partial charge in [0.1, 0.15) is 5.75 Å². The van der Waals surface area contributed by atoms with Gasteiger partial charge in [-0.1, -0.05) is 25.5 Å². The van der Waals surface area contributed by atoms with Crippen molar-refractivity contribution in [2.75, 3.05) is 43.0 Å². The zero-order valence-corrected chi connectivity index (χ0v) is 19.4. The number of ether oxygens (including phenoxy) is 1. The van der Waals surface area contributed by atoms with E-state index < -0.39 is 0 Å². The molecule has 1 aliphatic heterocycles. The van der Waals surface area contributed by atoms with Crippen LogP contribution in [-0.2, 0) is 4.79 Å². The number of para-hydroxylation sites is 2. The molecule has 1 heterocycles. The summed E-state index contributed by atoms with van der Waals surface area (Å²) in [6, 6.07) is 14.8. The van der Waals surface area contributed by atoms with E-state index in [1.165, 1.54) is 0 Å². The molecule has 7 nitrogen and oxygen atoms in total. The van der Waals surface area contributed by atoms with Crippen molar-refractivity contribution in [1.82, 2.24) is 10.2 Å². The number of nitrogens with zero attached hydrogens (tertiary/aromatic N) is 2. The number of unbranched alkanes of at least 4 members (excludes halogenated alkanes) is 1. The maximum absolute atomic E-state index is 12.6. The molecular weight excluding hydrogens is 424 g/mol. The summed E-state index contributed by atoms with van der Waals surface area (Å²) in [4.78, 5) is 28.2. The molecule has 0 aromatic heterocycles. The van der Waals surface area contributed by atoms with E-state index in [-0.39, 0.29) is 16.9 Å². The number of carbonyl (C=O) groups excluding carboxylic acids is 2. The molecule has 2 N–H and O–H groups in total. The van der Waals surface area contributed by atoms with E-state index in [0.29, 0.717) is 25.3 Å². The number of carbonyl (C=O) groups is 2. The van der Waals surface area contributed by atoms with Crippen molar-refractivity contribution < 1.29 is 14.3 Å². The first kappa shape index (κ1) is 23.5. The highest BCUT2D eigenvalue weighted by molar-refractivity contribution is 7.80. The molecule has 0 radical (unpaired) electrons. The zero-order chi connectivity index (χ0) is 22.9. The quantitative estimate of drug-likeness (QED) is 0.491. The molecule has 2 aromatic rings. The van der Waals surface area contributed by atoms with Crippen LogP contribution in [0.3, 0.4) is 0 Å². The van der Waals surface area contributed by atoms with Crippen LogP contribution in [0, 0.1) is 0 Å². The Balaban J connectivity index is 1.57. The zero-order valence-electron chi connectivity index (χ0n) is 18.6. The van der Waals surface area contributed by atoms with Gasteiger partial charge in [0, 0.05) is 38.7 Å². The second-order valence-electron chi connectivity index (χ2n) is 7.64. The molecule has 0 saturated carbocycles. The minimum atomic E-state index is -0.282. The number of piperazine rings is 1. The fourth-order valence-corrected chi connectivity index (χ4v) is 3.69. The van der Waals surface area contributed by atoms with Crippen molar-refractivity contribution in [1.29, 1.82) is 0 Å². The molecule has 8 heteroatoms. The van der Waals surface area contributed by atoms with Gasteiger partial charge >= 0.3 is 0 Å². The van der Waals surface area contributed by atoms with E-state index in [1.54, 1.807) is 31.2 Å². The van der Waals surface area contributed by atoms with Crippen LogP contribution in [0.2, 0.25) is 0 Å². The lowest BCUT2D eigenvalue weighted by Crippen LogP contribution is -2.48. The largest absolute Gasteiger partial charge is 0.494 e. The van der Waals surface area contributed by atoms with Gasteiger partial charge in [0.05, 0.1) is 18.0 Å². The van der Waals surface area contributed by atoms with E-state index in [4.69, 9.17) is 17.0 Å². The van der Waals surface area contributed by atoms with Gasteiger partial charge in [-0.3, -0.25) is 14.9 Å². The van der Waals surface area contributed by atoms with Gasteiger partial charge in [-0.15, -0.1) is 0 Å². The van der Waals surface area contributed by atoms with Crippen LogP contribution in [0.25, 0.3) is 0 Å². The predicted octanol–water partition coefficient (Wildman–Crippen LogP) is 3.66. The van der Waals surface area contributed by atoms with Gasteiger partial charge in [-0.25, -0.2) is 0 Å². The lowest BCUT2D eigenvalue weighted by atomic mass is 10.2. The predicted molar refractivity (Wildman–Crippen MR) is 131 cm³/mol. The molecule has 170 valence electrons. The Bertz CT molecular complexity index is 941. The Morgan fingerprint density at radius 2 is 1.72 bits per heavy atom. The van der Waals surface area contributed by atoms with Gasteiger partial charge in [0.2, 0.25) is 5.91 Å². The third-order valence-corrected chi connectivity index (χ3v) is 5.53. The summed E-state index contributed by atoms with van der Waals surface area (Å²) in [7, 11) is 0. The normalized spacial score (nSPS) is 13.4. The molecule has 2 amide bonds. The maximum atomic E-state index is 12.6. The highest BCUT2D eigenvalue weighted by Crippen LogP contribution is 2.26. The summed E-state index contributed by atoms with van der Waals surface area (Å²) in [5.74, 6) is 0.560. The summed E-state index contributed by atoms with van der Waals surface area (Å²) in [6.45, 7) is 7.22. The number of hydrogen-bond acceptors (Lipinski definition) is 5. The van der Waals surface area contributed by atoms with E-state index in [1.807, 2.05) is 29.2 Å². The number of amides is 2. The molecular formula is C24H30N4O3S. The Morgan fingerprint density at radius 1 is 1.03 bits per heavy atom. The molecule has 0 bridgehead atoms. The van der Waals surface area contributed by atoms with Crippen molar-refractivity contribution in [3.05, 3.63) is 54.1 Å². The molecule has 32 heavy (non-hydrogen) atoms. The molecule has 1 fully saturated rings. The number of rotatable bonds is 7. The topological polar surface area (TPSA) is 73.9 Å². The molecule has 0 spiro atoms. The number of anilines is 2. The number of hydrogen-bond donors (Lipinski definition) is 2. The standard InChI is InChI=1S/C24H30N4O3S/c1-3-4-17-31-20-11-9-19(10-12-20)23(30)26-24(32)25-21-7-5-6-8-22(21)28-15-13-27(14-16-28)18(2)29/h5-12H,3-4,13-17H2,1-2H3,(H2,25,26,30,32). The number of benzene rings is 2. The van der Waals surface area contributed by atoms with Crippen LogP contribution in [0.1, 0.15) is 37.0 Å². The van der Waals surface area contributed by atoms with Gasteiger partial charge in [-0.2, -0.15) is 0 Å². The first-order valence-electron chi connectivity index (χ1n) is 10.9. The van der Waals surface area contributed by atoms with Crippen molar-refractivity contribution in [2.24, 2.45) is 0 Å². The van der Waals surface area contributed by atoms with Crippen molar-refractivity contribution >= 4 is 40.5 Å². The lowest BCUT2D eigenvalue weighted by Gasteiger charge is -2.36. The molecule has 0 unspecified atom stereocenters. The van der Waals surface area contributed by atoms with Crippen LogP contribution in [0.4, 0.5) is 11.4 Å². The summed E-state index contributed by atoms with van der Waals surface area (Å²) in [5.41, 5.74) is 2.31. The Morgan fingerprint density at radius 3 is 2.38 bits per heavy atom. The average Bonchev–Trinajstić information content (AvgIpc) is 2.80. The SMILES string of the molecule is CCCCOc1ccc(C(=O)NC(=S)Nc2ccccc2N2CCN(C(C)=O)CC2)cc1. The van der Waals surface area contributed by atoms with Gasteiger partial charge in [0.15, 0.2) is 5.11 Å². The van der Waals surface area contributed by atoms with Crippen LogP contribution in [0.5, 0.6) is 5.75 Å². The Hall–Kier alpha value is -3.13. The Labute approximate surface area is 194 Å². The lowest BCUT2D eigenvalue weighted by molar-refractivity contribution is -0.129. The second-order valence-corrected chi connectivity index (χ2v) is 8.05. The molecule has 1 aliphatic rings. The minimum absolute atomic E-state index is 0.0977. The summed E-state index contributed by atoms with van der Waals surface area (Å²) < 4.78 is 5.64. The van der Waals surface area contributed by atoms with Crippen LogP contribution in [0.15, 0.2) is 48.5 Å². The highest BCUT2D eigenvalue weighted by atomic mass is 32.1. The smallest absolute Gasteiger partial charge is 0.257 e. The fourth-order valence-electron chi connectivity index (χ4n) is 3.48. The summed E-state index contributed by atoms with van der Waals surface area (Å²) >= 11 is 5.38. The maximum Gasteiger partial charge on any atom is 0.257 e. The van der Waals surface area contributed by atoms with Gasteiger partial charge in [-0.05, 0) is 55.0 Å². The third-order valence-electron chi connectivity index (χ3n) is 5.33. The second kappa shape index (κ2) is 11.5. The van der Waals surface area contributed by atoms with Gasteiger partial charge < -0.3 is 19.9 Å². The van der Waals surface area contributed by atoms with E-state index in [2.05, 4.69) is 22.5 Å². The number of thiocarbonyl (C=S) groups is 1. The monoisotopic (exact) mass is 454 g/mol. The minimum Gasteiger partial charge on any atom is -0.494 e. The van der Waals surface area contributed by atoms with Crippen LogP contribution < -0.4 is 20.3 Å². The molecule has 3 rings (SSSR count). The van der Waals surface area contributed by atoms with E-state index in [0.717, 1.165) is 43.1 Å². The first-order chi connectivity index (χ1) is 15.5. The van der Waals surface area contributed by atoms with Crippen LogP contribution >= 0.6 is 12.2 Å². The number of nitrogens with one attached hydrogen (secondary N) is 2. The summed E-state index contributed by atoms with van der Waals surface area (Å²) in [5, 5.41) is 6.11. The molecule has 0 atom stereocenters. The molecule has 1 saturated heterocycles. The average molecular weight is 455 g/mol. The van der Waals surface area contributed by atoms with E-state index in [9.17, 15) is 9.59 Å². The molecule has 2 aromatic carbocycles. The van der Waals surface area contributed by atoms with Crippen molar-refractivity contribution in [3.8, 4) is 5.75 Å². The van der Waals surface area contributed by atoms with Crippen molar-refractivity contribution in [2.45, 2.75) is 26.7 Å². The van der Waals surface area contributed by atoms with Crippen molar-refractivity contribution in [3.63, 3.8) is 0 Å². The highest BCUT2D eigenvalue weighted by Gasteiger charge is 2.21. The summed E-state index contributed by atoms with van der Waals surface area (Å²) in [6.07, 6.45) is 2.07. The third kappa shape index (κ3) is 6.43. The van der Waals surface area contributed by atoms with Crippen LogP contribution in [-0.4, -0.2) is 54.6 Å². The van der Waals surface area contributed by atoms with Gasteiger partial charge in [0.25, 0.3) is 5.91 Å². The van der Waals surface area contributed by atoms with E-state index >= 15 is 0 Å². The fraction of sp³-hybridized carbons (Fsp3) is 0.375. The molecule has 0 aliphatic carbocycles. The Kier molecular flexibility index (Phi) is 8.44. The first-order valence-corrected chi connectivity index (χ1v) is 11.3.